The third kappa shape index (κ3) is 10.8. The Labute approximate surface area is 314 Å². The second-order valence-electron chi connectivity index (χ2n) is 12.9. The molecular formula is C32H31F9N10O6. The number of nitriles is 1. The highest BCUT2D eigenvalue weighted by Gasteiger charge is 2.48. The molecule has 0 unspecified atom stereocenters. The van der Waals surface area contributed by atoms with Gasteiger partial charge in [-0.25, -0.2) is 24.5 Å². The molecule has 1 saturated carbocycles. The summed E-state index contributed by atoms with van der Waals surface area (Å²) in [5, 5.41) is 29.4. The van der Waals surface area contributed by atoms with E-state index in [2.05, 4.69) is 41.0 Å². The molecule has 0 atom stereocenters. The zero-order valence-corrected chi connectivity index (χ0v) is 29.5. The van der Waals surface area contributed by atoms with Crippen LogP contribution in [0.5, 0.6) is 5.88 Å². The molecule has 0 aromatic carbocycles. The van der Waals surface area contributed by atoms with E-state index in [1.54, 1.807) is 6.20 Å². The number of hydrogen-bond acceptors (Lipinski definition) is 11. The lowest BCUT2D eigenvalue weighted by atomic mass is 9.82. The van der Waals surface area contributed by atoms with Gasteiger partial charge in [0.2, 0.25) is 11.7 Å². The molecule has 6 rings (SSSR count). The normalized spacial score (nSPS) is 18.1. The number of amides is 1. The first-order chi connectivity index (χ1) is 26.4. The molecule has 0 radical (unpaired) electrons. The Balaban J connectivity index is 0.000000440. The molecule has 5 heterocycles. The minimum atomic E-state index is -5.08. The number of alkyl halides is 9. The molecule has 0 spiro atoms. The Morgan fingerprint density at radius 2 is 1.58 bits per heavy atom. The molecule has 1 aliphatic carbocycles. The van der Waals surface area contributed by atoms with Gasteiger partial charge in [0.1, 0.15) is 29.3 Å². The van der Waals surface area contributed by atoms with Gasteiger partial charge in [-0.2, -0.15) is 54.9 Å². The summed E-state index contributed by atoms with van der Waals surface area (Å²) in [4.78, 5) is 52.3. The predicted octanol–water partition coefficient (Wildman–Crippen LogP) is 4.91. The average molecular weight is 823 g/mol. The van der Waals surface area contributed by atoms with E-state index in [-0.39, 0.29) is 23.7 Å². The topological polar surface area (TPSA) is 216 Å². The number of rotatable bonds is 7. The molecule has 2 fully saturated rings. The number of nitrogens with zero attached hydrogens (tertiary/aromatic N) is 9. The molecule has 1 amide bonds. The summed E-state index contributed by atoms with van der Waals surface area (Å²) in [6, 6.07) is 5.64. The van der Waals surface area contributed by atoms with Crippen LogP contribution in [-0.2, 0) is 21.3 Å². The van der Waals surface area contributed by atoms with E-state index in [4.69, 9.17) is 24.5 Å². The highest BCUT2D eigenvalue weighted by atomic mass is 19.4. The van der Waals surface area contributed by atoms with E-state index in [9.17, 15) is 49.6 Å². The summed E-state index contributed by atoms with van der Waals surface area (Å²) >= 11 is 0. The Kier molecular flexibility index (Phi) is 13.0. The van der Waals surface area contributed by atoms with Gasteiger partial charge in [0, 0.05) is 62.6 Å². The van der Waals surface area contributed by atoms with Gasteiger partial charge in [-0.1, -0.05) is 0 Å². The van der Waals surface area contributed by atoms with Gasteiger partial charge in [0.05, 0.1) is 24.4 Å². The van der Waals surface area contributed by atoms with Gasteiger partial charge in [-0.05, 0) is 31.7 Å². The van der Waals surface area contributed by atoms with Crippen LogP contribution in [0.2, 0.25) is 0 Å². The molecule has 1 saturated heterocycles. The molecule has 1 aliphatic heterocycles. The van der Waals surface area contributed by atoms with Crippen LogP contribution >= 0.6 is 0 Å². The smallest absolute Gasteiger partial charge is 0.475 e. The number of carbonyl (C=O) groups is 3. The summed E-state index contributed by atoms with van der Waals surface area (Å²) in [5.74, 6) is -7.85. The molecule has 4 aromatic heterocycles. The van der Waals surface area contributed by atoms with E-state index in [1.807, 2.05) is 23.1 Å². The maximum atomic E-state index is 13.4. The molecule has 25 heteroatoms. The number of aliphatic carboxylic acids is 2. The number of aromatic nitrogens is 7. The number of hydrogen-bond donors (Lipinski definition) is 3. The fourth-order valence-corrected chi connectivity index (χ4v) is 5.91. The van der Waals surface area contributed by atoms with Crippen molar-refractivity contribution in [2.75, 3.05) is 27.2 Å². The predicted molar refractivity (Wildman–Crippen MR) is 174 cm³/mol. The Hall–Kier alpha value is -6.06. The van der Waals surface area contributed by atoms with Crippen molar-refractivity contribution in [2.24, 2.45) is 0 Å². The van der Waals surface area contributed by atoms with Crippen molar-refractivity contribution in [3.8, 4) is 23.2 Å². The van der Waals surface area contributed by atoms with Crippen LogP contribution < -0.4 is 4.74 Å². The van der Waals surface area contributed by atoms with Crippen LogP contribution in [0.15, 0.2) is 37.1 Å². The van der Waals surface area contributed by atoms with Crippen molar-refractivity contribution in [1.29, 1.82) is 5.26 Å². The van der Waals surface area contributed by atoms with Crippen LogP contribution in [0.3, 0.4) is 0 Å². The SMILES string of the molecule is CN(C)C(=O)c1cc(OC2CCC(N3CC(CC#N)(n4cc(-c5ncnc6[nH]ccc56)cn4)C3)CC2)nc(C(F)(F)F)n1.O=C(O)C(F)(F)F.O=C(O)C(F)(F)F. The Morgan fingerprint density at radius 1 is 0.982 bits per heavy atom. The van der Waals surface area contributed by atoms with Crippen LogP contribution in [0.1, 0.15) is 48.4 Å². The second kappa shape index (κ2) is 17.0. The number of H-pyrrole nitrogens is 1. The van der Waals surface area contributed by atoms with Crippen molar-refractivity contribution >= 4 is 28.9 Å². The molecule has 3 N–H and O–H groups in total. The van der Waals surface area contributed by atoms with Gasteiger partial charge in [0.15, 0.2) is 0 Å². The zero-order valence-electron chi connectivity index (χ0n) is 29.5. The van der Waals surface area contributed by atoms with Gasteiger partial charge in [-0.3, -0.25) is 14.4 Å². The fraction of sp³-hybridized carbons (Fsp3) is 0.469. The lowest BCUT2D eigenvalue weighted by Crippen LogP contribution is -2.65. The Morgan fingerprint density at radius 3 is 2.11 bits per heavy atom. The maximum Gasteiger partial charge on any atom is 0.490 e. The monoisotopic (exact) mass is 822 g/mol. The van der Waals surface area contributed by atoms with Crippen LogP contribution in [0, 0.1) is 11.3 Å². The quantitative estimate of drug-likeness (QED) is 0.212. The van der Waals surface area contributed by atoms with E-state index in [1.165, 1.54) is 20.4 Å². The lowest BCUT2D eigenvalue weighted by molar-refractivity contribution is -0.193. The minimum Gasteiger partial charge on any atom is -0.475 e. The van der Waals surface area contributed by atoms with Crippen molar-refractivity contribution < 1.29 is 68.8 Å². The van der Waals surface area contributed by atoms with E-state index in [0.717, 1.165) is 46.1 Å². The van der Waals surface area contributed by atoms with Crippen LogP contribution in [0.4, 0.5) is 39.5 Å². The lowest BCUT2D eigenvalue weighted by Gasteiger charge is -2.53. The number of halogens is 9. The first-order valence-corrected chi connectivity index (χ1v) is 16.3. The summed E-state index contributed by atoms with van der Waals surface area (Å²) in [6.45, 7) is 1.30. The first-order valence-electron chi connectivity index (χ1n) is 16.3. The van der Waals surface area contributed by atoms with Crippen molar-refractivity contribution in [3.63, 3.8) is 0 Å². The number of nitrogens with one attached hydrogen (secondary N) is 1. The van der Waals surface area contributed by atoms with Gasteiger partial charge < -0.3 is 24.8 Å². The zero-order chi connectivity index (χ0) is 42.5. The van der Waals surface area contributed by atoms with Gasteiger partial charge >= 0.3 is 30.5 Å². The number of fused-ring (bicyclic) bond motifs is 1. The highest BCUT2D eigenvalue weighted by molar-refractivity contribution is 5.92. The summed E-state index contributed by atoms with van der Waals surface area (Å²) in [7, 11) is 2.87. The largest absolute Gasteiger partial charge is 0.490 e. The van der Waals surface area contributed by atoms with Crippen molar-refractivity contribution in [2.45, 2.75) is 68.3 Å². The van der Waals surface area contributed by atoms with E-state index >= 15 is 0 Å². The van der Waals surface area contributed by atoms with E-state index in [0.29, 0.717) is 32.4 Å². The standard InChI is InChI=1S/C28H29F3N10O2.2C2HF3O2/c1-39(2)25(42)21-11-22(38-26(37-21)28(29,30)31)43-19-5-3-18(4-6-19)40-14-27(15-40,8-9-32)41-13-17(12-36-41)23-20-7-10-33-24(20)35-16-34-23;2*3-2(4,5)1(6)7/h7,10-13,16,18-19H,3-6,8,14-15H2,1-2H3,(H,33,34,35);2*(H,6,7). The minimum absolute atomic E-state index is 0.241. The number of carbonyl (C=O) groups excluding carboxylic acids is 1. The summed E-state index contributed by atoms with van der Waals surface area (Å²) in [6.07, 6.45) is -5.26. The molecule has 0 bridgehead atoms. The fourth-order valence-electron chi connectivity index (χ4n) is 5.91. The Bertz CT molecular complexity index is 2070. The number of carboxylic acids is 2. The average Bonchev–Trinajstić information content (AvgIpc) is 3.80. The molecule has 308 valence electrons. The first kappa shape index (κ1) is 43.7. The maximum absolute atomic E-state index is 13.4. The summed E-state index contributed by atoms with van der Waals surface area (Å²) in [5.41, 5.74) is 1.51. The molecule has 4 aromatic rings. The molecule has 16 nitrogen and oxygen atoms in total. The van der Waals surface area contributed by atoms with E-state index < -0.39 is 47.7 Å². The van der Waals surface area contributed by atoms with Crippen LogP contribution in [0.25, 0.3) is 22.3 Å². The molecular weight excluding hydrogens is 791 g/mol. The second-order valence-corrected chi connectivity index (χ2v) is 12.9. The van der Waals surface area contributed by atoms with Crippen molar-refractivity contribution in [1.82, 2.24) is 44.5 Å². The molecule has 57 heavy (non-hydrogen) atoms. The summed E-state index contributed by atoms with van der Waals surface area (Å²) < 4.78 is 111. The molecule has 2 aliphatic rings. The third-order valence-electron chi connectivity index (χ3n) is 8.61. The van der Waals surface area contributed by atoms with Crippen molar-refractivity contribution in [3.05, 3.63) is 48.6 Å². The number of ether oxygens (including phenoxy) is 1. The number of carboxylic acid groups (broad SMARTS) is 2. The van der Waals surface area contributed by atoms with Gasteiger partial charge in [0.25, 0.3) is 5.91 Å². The number of aromatic amines is 1. The number of likely N-dealkylation sites (tertiary alicyclic amines) is 1. The third-order valence-corrected chi connectivity index (χ3v) is 8.61. The highest BCUT2D eigenvalue weighted by Crippen LogP contribution is 2.39. The van der Waals surface area contributed by atoms with Gasteiger partial charge in [-0.15, -0.1) is 0 Å². The van der Waals surface area contributed by atoms with Crippen LogP contribution in [-0.4, -0.2) is 124 Å².